The third-order valence-electron chi connectivity index (χ3n) is 2.45. The minimum absolute atomic E-state index is 0.180. The Morgan fingerprint density at radius 3 is 2.60 bits per heavy atom. The van der Waals surface area contributed by atoms with E-state index in [1.807, 2.05) is 25.1 Å². The van der Waals surface area contributed by atoms with E-state index in [-0.39, 0.29) is 4.90 Å². The molecule has 0 unspecified atom stereocenters. The van der Waals surface area contributed by atoms with Gasteiger partial charge in [-0.3, -0.25) is 0 Å². The number of hydrogen-bond donors (Lipinski definition) is 0. The molecule has 5 heteroatoms. The van der Waals surface area contributed by atoms with Crippen molar-refractivity contribution in [3.05, 3.63) is 30.0 Å². The van der Waals surface area contributed by atoms with Crippen LogP contribution in [0.15, 0.2) is 29.3 Å². The molecule has 0 saturated heterocycles. The molecule has 80 valence electrons. The van der Waals surface area contributed by atoms with Gasteiger partial charge in [-0.2, -0.15) is 0 Å². The van der Waals surface area contributed by atoms with Gasteiger partial charge in [0.1, 0.15) is 4.90 Å². The second-order valence-corrected chi connectivity index (χ2v) is 6.05. The van der Waals surface area contributed by atoms with E-state index in [0.29, 0.717) is 5.39 Å². The van der Waals surface area contributed by atoms with Crippen molar-refractivity contribution >= 4 is 30.6 Å². The third kappa shape index (κ3) is 1.64. The fourth-order valence-corrected chi connectivity index (χ4v) is 2.91. The maximum absolute atomic E-state index is 11.4. The second kappa shape index (κ2) is 3.25. The summed E-state index contributed by atoms with van der Waals surface area (Å²) in [5.41, 5.74) is 1.78. The van der Waals surface area contributed by atoms with Crippen molar-refractivity contribution in [1.82, 2.24) is 4.57 Å². The molecule has 3 nitrogen and oxygen atoms in total. The lowest BCUT2D eigenvalue weighted by Crippen LogP contribution is -1.89. The van der Waals surface area contributed by atoms with E-state index in [1.54, 1.807) is 17.8 Å². The SMILES string of the molecule is Cc1cccc2c1c(S(=O)(=O)Cl)cn2C. The average Bonchev–Trinajstić information content (AvgIpc) is 2.45. The lowest BCUT2D eigenvalue weighted by molar-refractivity contribution is 0.610. The Labute approximate surface area is 92.7 Å². The number of aryl methyl sites for hydroxylation is 2. The van der Waals surface area contributed by atoms with Gasteiger partial charge >= 0.3 is 0 Å². The first-order valence-electron chi connectivity index (χ1n) is 4.40. The molecular weight excluding hydrogens is 234 g/mol. The maximum Gasteiger partial charge on any atom is 0.263 e. The monoisotopic (exact) mass is 243 g/mol. The highest BCUT2D eigenvalue weighted by Crippen LogP contribution is 2.29. The summed E-state index contributed by atoms with van der Waals surface area (Å²) in [6.07, 6.45) is 1.54. The number of rotatable bonds is 1. The zero-order valence-electron chi connectivity index (χ0n) is 8.36. The van der Waals surface area contributed by atoms with Gasteiger partial charge in [0.2, 0.25) is 0 Å². The van der Waals surface area contributed by atoms with Crippen LogP contribution in [0.2, 0.25) is 0 Å². The van der Waals surface area contributed by atoms with Crippen molar-refractivity contribution in [3.63, 3.8) is 0 Å². The molecule has 15 heavy (non-hydrogen) atoms. The Bertz CT molecular complexity index is 628. The van der Waals surface area contributed by atoms with Gasteiger partial charge in [-0.25, -0.2) is 8.42 Å². The van der Waals surface area contributed by atoms with Crippen LogP contribution in [0.4, 0.5) is 0 Å². The number of halogens is 1. The predicted molar refractivity (Wildman–Crippen MR) is 60.7 cm³/mol. The van der Waals surface area contributed by atoms with E-state index in [2.05, 4.69) is 0 Å². The van der Waals surface area contributed by atoms with Crippen LogP contribution in [0.5, 0.6) is 0 Å². The Kier molecular flexibility index (Phi) is 2.28. The molecule has 0 fully saturated rings. The van der Waals surface area contributed by atoms with Gasteiger partial charge in [-0.05, 0) is 18.6 Å². The van der Waals surface area contributed by atoms with Gasteiger partial charge < -0.3 is 4.57 Å². The summed E-state index contributed by atoms with van der Waals surface area (Å²) in [4.78, 5) is 0.180. The highest BCUT2D eigenvalue weighted by atomic mass is 35.7. The predicted octanol–water partition coefficient (Wildman–Crippen LogP) is 2.41. The van der Waals surface area contributed by atoms with Crippen molar-refractivity contribution in [2.75, 3.05) is 0 Å². The molecule has 1 aromatic heterocycles. The standard InChI is InChI=1S/C10H10ClNO2S/c1-7-4-3-5-8-10(7)9(6-12(8)2)15(11,13)14/h3-6H,1-2H3. The van der Waals surface area contributed by atoms with Gasteiger partial charge in [0.05, 0.1) is 0 Å². The van der Waals surface area contributed by atoms with Gasteiger partial charge in [0, 0.05) is 34.8 Å². The Morgan fingerprint density at radius 2 is 2.00 bits per heavy atom. The van der Waals surface area contributed by atoms with E-state index in [9.17, 15) is 8.42 Å². The molecule has 0 atom stereocenters. The quantitative estimate of drug-likeness (QED) is 0.722. The molecule has 0 saturated carbocycles. The third-order valence-corrected chi connectivity index (χ3v) is 3.78. The van der Waals surface area contributed by atoms with Crippen LogP contribution >= 0.6 is 10.7 Å². The first kappa shape index (κ1) is 10.5. The molecule has 0 radical (unpaired) electrons. The van der Waals surface area contributed by atoms with Crippen LogP contribution in [-0.2, 0) is 16.1 Å². The van der Waals surface area contributed by atoms with Crippen LogP contribution in [0.1, 0.15) is 5.56 Å². The van der Waals surface area contributed by atoms with E-state index in [1.165, 1.54) is 0 Å². The van der Waals surface area contributed by atoms with Crippen molar-refractivity contribution in [1.29, 1.82) is 0 Å². The van der Waals surface area contributed by atoms with Gasteiger partial charge in [-0.1, -0.05) is 12.1 Å². The molecule has 1 aromatic carbocycles. The molecule has 0 aliphatic carbocycles. The molecule has 0 aliphatic rings. The van der Waals surface area contributed by atoms with Crippen molar-refractivity contribution in [2.24, 2.45) is 7.05 Å². The van der Waals surface area contributed by atoms with E-state index in [0.717, 1.165) is 11.1 Å². The van der Waals surface area contributed by atoms with Gasteiger partial charge in [0.15, 0.2) is 0 Å². The zero-order valence-corrected chi connectivity index (χ0v) is 9.93. The maximum atomic E-state index is 11.4. The fourth-order valence-electron chi connectivity index (χ4n) is 1.76. The molecule has 0 N–H and O–H groups in total. The summed E-state index contributed by atoms with van der Waals surface area (Å²) in [6.45, 7) is 1.87. The van der Waals surface area contributed by atoms with Crippen LogP contribution in [-0.4, -0.2) is 13.0 Å². The first-order chi connectivity index (χ1) is 6.91. The summed E-state index contributed by atoms with van der Waals surface area (Å²) in [6, 6.07) is 5.63. The Hall–Kier alpha value is -1.00. The Balaban J connectivity index is 3.01. The summed E-state index contributed by atoms with van der Waals surface area (Å²) >= 11 is 0. The minimum atomic E-state index is -3.68. The van der Waals surface area contributed by atoms with Crippen molar-refractivity contribution in [2.45, 2.75) is 11.8 Å². The first-order valence-corrected chi connectivity index (χ1v) is 6.71. The highest BCUT2D eigenvalue weighted by molar-refractivity contribution is 8.14. The largest absolute Gasteiger partial charge is 0.349 e. The Morgan fingerprint density at radius 1 is 1.33 bits per heavy atom. The topological polar surface area (TPSA) is 39.1 Å². The molecule has 1 heterocycles. The number of aromatic nitrogens is 1. The average molecular weight is 244 g/mol. The van der Waals surface area contributed by atoms with Crippen LogP contribution in [0, 0.1) is 6.92 Å². The van der Waals surface area contributed by atoms with Crippen molar-refractivity contribution in [3.8, 4) is 0 Å². The molecule has 2 aromatic rings. The van der Waals surface area contributed by atoms with E-state index in [4.69, 9.17) is 10.7 Å². The molecule has 2 rings (SSSR count). The molecule has 0 amide bonds. The van der Waals surface area contributed by atoms with E-state index >= 15 is 0 Å². The number of hydrogen-bond acceptors (Lipinski definition) is 2. The number of fused-ring (bicyclic) bond motifs is 1. The molecular formula is C10H10ClNO2S. The molecule has 0 bridgehead atoms. The smallest absolute Gasteiger partial charge is 0.263 e. The van der Waals surface area contributed by atoms with Crippen LogP contribution in [0.25, 0.3) is 10.9 Å². The van der Waals surface area contributed by atoms with Crippen LogP contribution < -0.4 is 0 Å². The fraction of sp³-hybridized carbons (Fsp3) is 0.200. The summed E-state index contributed by atoms with van der Waals surface area (Å²) in [5.74, 6) is 0. The van der Waals surface area contributed by atoms with Crippen molar-refractivity contribution < 1.29 is 8.42 Å². The normalized spacial score (nSPS) is 12.2. The summed E-state index contributed by atoms with van der Waals surface area (Å²) < 4.78 is 24.5. The molecule has 0 spiro atoms. The number of nitrogens with zero attached hydrogens (tertiary/aromatic N) is 1. The van der Waals surface area contributed by atoms with Gasteiger partial charge in [0.25, 0.3) is 9.05 Å². The number of benzene rings is 1. The molecule has 0 aliphatic heterocycles. The zero-order chi connectivity index (χ0) is 11.2. The highest BCUT2D eigenvalue weighted by Gasteiger charge is 2.18. The lowest BCUT2D eigenvalue weighted by atomic mass is 10.1. The summed E-state index contributed by atoms with van der Waals surface area (Å²) in [7, 11) is 3.50. The minimum Gasteiger partial charge on any atom is -0.349 e. The van der Waals surface area contributed by atoms with E-state index < -0.39 is 9.05 Å². The van der Waals surface area contributed by atoms with Gasteiger partial charge in [-0.15, -0.1) is 0 Å². The summed E-state index contributed by atoms with van der Waals surface area (Å²) in [5, 5.41) is 0.704. The lowest BCUT2D eigenvalue weighted by Gasteiger charge is -1.98. The second-order valence-electron chi connectivity index (χ2n) is 3.51. The van der Waals surface area contributed by atoms with Crippen LogP contribution in [0.3, 0.4) is 0 Å².